The maximum absolute atomic E-state index is 14.7. The number of rotatable bonds is 4. The van der Waals surface area contributed by atoms with Crippen LogP contribution in [-0.2, 0) is 9.59 Å². The highest BCUT2D eigenvalue weighted by Crippen LogP contribution is 2.41. The summed E-state index contributed by atoms with van der Waals surface area (Å²) in [5.74, 6) is -2.49. The Morgan fingerprint density at radius 2 is 1.70 bits per heavy atom. The highest BCUT2D eigenvalue weighted by molar-refractivity contribution is 6.51. The van der Waals surface area contributed by atoms with Gasteiger partial charge in [0.25, 0.3) is 5.78 Å². The largest absolute Gasteiger partial charge is 0.507 e. The SMILES string of the molecule is COc1ccc(/C(O)=C2\C(=O)C(=O)N(c3ncccn3)[C@H]2c2ccccc2F)cc1. The molecule has 1 N–H and O–H groups in total. The number of hydrogen-bond acceptors (Lipinski definition) is 6. The summed E-state index contributed by atoms with van der Waals surface area (Å²) in [5, 5.41) is 10.9. The first kappa shape index (κ1) is 19.3. The number of benzene rings is 2. The van der Waals surface area contributed by atoms with Crippen molar-refractivity contribution >= 4 is 23.4 Å². The maximum atomic E-state index is 14.7. The van der Waals surface area contributed by atoms with Gasteiger partial charge in [0.05, 0.1) is 12.7 Å². The Labute approximate surface area is 171 Å². The fourth-order valence-corrected chi connectivity index (χ4v) is 3.35. The van der Waals surface area contributed by atoms with Crippen molar-refractivity contribution in [1.82, 2.24) is 9.97 Å². The van der Waals surface area contributed by atoms with Gasteiger partial charge < -0.3 is 9.84 Å². The van der Waals surface area contributed by atoms with E-state index in [1.807, 2.05) is 0 Å². The van der Waals surface area contributed by atoms with Crippen LogP contribution in [0.1, 0.15) is 17.2 Å². The molecule has 1 aliphatic rings. The number of Topliss-reactive ketones (excluding diaryl/α,β-unsaturated/α-hetero) is 1. The minimum absolute atomic E-state index is 0.0409. The van der Waals surface area contributed by atoms with Gasteiger partial charge in [0, 0.05) is 23.5 Å². The van der Waals surface area contributed by atoms with Crippen molar-refractivity contribution < 1.29 is 23.8 Å². The molecule has 150 valence electrons. The zero-order chi connectivity index (χ0) is 21.3. The Balaban J connectivity index is 1.94. The molecule has 0 unspecified atom stereocenters. The number of amides is 1. The number of aliphatic hydroxyl groups excluding tert-OH is 1. The average Bonchev–Trinajstić information content (AvgIpc) is 3.04. The van der Waals surface area contributed by atoms with Crippen molar-refractivity contribution in [1.29, 1.82) is 0 Å². The number of nitrogens with zero attached hydrogens (tertiary/aromatic N) is 3. The van der Waals surface area contributed by atoms with Crippen LogP contribution < -0.4 is 9.64 Å². The number of ketones is 1. The number of halogens is 1. The molecule has 0 aliphatic carbocycles. The Bertz CT molecular complexity index is 1150. The molecule has 0 radical (unpaired) electrons. The molecule has 8 heteroatoms. The molecule has 0 spiro atoms. The normalized spacial score (nSPS) is 17.9. The summed E-state index contributed by atoms with van der Waals surface area (Å²) in [6.45, 7) is 0. The van der Waals surface area contributed by atoms with Crippen molar-refractivity contribution in [3.63, 3.8) is 0 Å². The van der Waals surface area contributed by atoms with Crippen LogP contribution in [-0.4, -0.2) is 33.9 Å². The number of carbonyl (C=O) groups is 2. The predicted octanol–water partition coefficient (Wildman–Crippen LogP) is 3.25. The molecule has 1 atom stereocenters. The van der Waals surface area contributed by atoms with Crippen molar-refractivity contribution in [3.8, 4) is 5.75 Å². The van der Waals surface area contributed by atoms with Crippen LogP contribution in [0.5, 0.6) is 5.75 Å². The van der Waals surface area contributed by atoms with Gasteiger partial charge in [0.15, 0.2) is 0 Å². The highest BCUT2D eigenvalue weighted by atomic mass is 19.1. The first-order valence-electron chi connectivity index (χ1n) is 8.99. The summed E-state index contributed by atoms with van der Waals surface area (Å²) in [5.41, 5.74) is 0.0750. The first-order chi connectivity index (χ1) is 14.5. The number of ether oxygens (including phenoxy) is 1. The number of aromatic nitrogens is 2. The molecular formula is C22H16FN3O4. The summed E-state index contributed by atoms with van der Waals surface area (Å²) < 4.78 is 19.8. The van der Waals surface area contributed by atoms with Gasteiger partial charge in [-0.15, -0.1) is 0 Å². The van der Waals surface area contributed by atoms with Gasteiger partial charge >= 0.3 is 5.91 Å². The number of hydrogen-bond donors (Lipinski definition) is 1. The van der Waals surface area contributed by atoms with Crippen LogP contribution in [0.15, 0.2) is 72.6 Å². The van der Waals surface area contributed by atoms with E-state index in [2.05, 4.69) is 9.97 Å². The molecule has 30 heavy (non-hydrogen) atoms. The van der Waals surface area contributed by atoms with Crippen LogP contribution in [0.4, 0.5) is 10.3 Å². The van der Waals surface area contributed by atoms with E-state index >= 15 is 0 Å². The van der Waals surface area contributed by atoms with E-state index in [0.29, 0.717) is 5.75 Å². The molecule has 2 heterocycles. The van der Waals surface area contributed by atoms with Crippen molar-refractivity contribution in [2.75, 3.05) is 12.0 Å². The van der Waals surface area contributed by atoms with Crippen molar-refractivity contribution in [3.05, 3.63) is 89.5 Å². The number of carbonyl (C=O) groups excluding carboxylic acids is 2. The number of anilines is 1. The smallest absolute Gasteiger partial charge is 0.302 e. The lowest BCUT2D eigenvalue weighted by Gasteiger charge is -2.23. The van der Waals surface area contributed by atoms with E-state index in [-0.39, 0.29) is 22.6 Å². The minimum atomic E-state index is -1.23. The van der Waals surface area contributed by atoms with Crippen molar-refractivity contribution in [2.24, 2.45) is 0 Å². The van der Waals surface area contributed by atoms with E-state index in [9.17, 15) is 19.1 Å². The van der Waals surface area contributed by atoms with Crippen LogP contribution >= 0.6 is 0 Å². The lowest BCUT2D eigenvalue weighted by Crippen LogP contribution is -2.31. The van der Waals surface area contributed by atoms with Crippen LogP contribution in [0.2, 0.25) is 0 Å². The standard InChI is InChI=1S/C22H16FN3O4/c1-30-14-9-7-13(8-10-14)19(27)17-18(15-5-2-3-6-16(15)23)26(21(29)20(17)28)22-24-11-4-12-25-22/h2-12,18,27H,1H3/b19-17+/t18-/m0/s1. The van der Waals surface area contributed by atoms with Gasteiger partial charge in [0.2, 0.25) is 5.95 Å². The molecular weight excluding hydrogens is 389 g/mol. The van der Waals surface area contributed by atoms with E-state index in [1.165, 1.54) is 37.7 Å². The number of aliphatic hydroxyl groups is 1. The Morgan fingerprint density at radius 3 is 2.33 bits per heavy atom. The topological polar surface area (TPSA) is 92.6 Å². The zero-order valence-electron chi connectivity index (χ0n) is 15.8. The molecule has 1 saturated heterocycles. The van der Waals surface area contributed by atoms with Crippen LogP contribution in [0.3, 0.4) is 0 Å². The highest BCUT2D eigenvalue weighted by Gasteiger charge is 2.48. The lowest BCUT2D eigenvalue weighted by atomic mass is 9.95. The molecule has 0 bridgehead atoms. The minimum Gasteiger partial charge on any atom is -0.507 e. The Hall–Kier alpha value is -4.07. The van der Waals surface area contributed by atoms with E-state index in [0.717, 1.165) is 4.90 Å². The van der Waals surface area contributed by atoms with Gasteiger partial charge in [-0.3, -0.25) is 14.5 Å². The van der Waals surface area contributed by atoms with Crippen LogP contribution in [0.25, 0.3) is 5.76 Å². The summed E-state index contributed by atoms with van der Waals surface area (Å²) in [6, 6.07) is 12.3. The van der Waals surface area contributed by atoms with Crippen molar-refractivity contribution in [2.45, 2.75) is 6.04 Å². The van der Waals surface area contributed by atoms with E-state index < -0.39 is 29.3 Å². The molecule has 7 nitrogen and oxygen atoms in total. The summed E-state index contributed by atoms with van der Waals surface area (Å²) >= 11 is 0. The fraction of sp³-hybridized carbons (Fsp3) is 0.0909. The monoisotopic (exact) mass is 405 g/mol. The molecule has 0 saturated carbocycles. The quantitative estimate of drug-likeness (QED) is 0.407. The van der Waals surface area contributed by atoms with Gasteiger partial charge in [0.1, 0.15) is 23.4 Å². The molecule has 1 aromatic heterocycles. The maximum Gasteiger partial charge on any atom is 0.302 e. The summed E-state index contributed by atoms with van der Waals surface area (Å²) in [4.78, 5) is 34.8. The average molecular weight is 405 g/mol. The third-order valence-electron chi connectivity index (χ3n) is 4.78. The van der Waals surface area contributed by atoms with E-state index in [4.69, 9.17) is 4.74 Å². The third-order valence-corrected chi connectivity index (χ3v) is 4.78. The Morgan fingerprint density at radius 1 is 1.03 bits per heavy atom. The van der Waals surface area contributed by atoms with Crippen LogP contribution in [0, 0.1) is 5.82 Å². The van der Waals surface area contributed by atoms with Gasteiger partial charge in [-0.2, -0.15) is 0 Å². The van der Waals surface area contributed by atoms with Gasteiger partial charge in [-0.1, -0.05) is 18.2 Å². The second kappa shape index (κ2) is 7.75. The molecule has 3 aromatic rings. The third kappa shape index (κ3) is 3.18. The molecule has 1 aliphatic heterocycles. The lowest BCUT2D eigenvalue weighted by molar-refractivity contribution is -0.132. The summed E-state index contributed by atoms with van der Waals surface area (Å²) in [7, 11) is 1.50. The molecule has 4 rings (SSSR count). The van der Waals surface area contributed by atoms with Gasteiger partial charge in [-0.25, -0.2) is 14.4 Å². The summed E-state index contributed by atoms with van der Waals surface area (Å²) in [6.07, 6.45) is 2.81. The van der Waals surface area contributed by atoms with E-state index in [1.54, 1.807) is 36.4 Å². The Kier molecular flexibility index (Phi) is 4.97. The second-order valence-electron chi connectivity index (χ2n) is 6.47. The fourth-order valence-electron chi connectivity index (χ4n) is 3.35. The molecule has 1 amide bonds. The zero-order valence-corrected chi connectivity index (χ0v) is 15.8. The molecule has 2 aromatic carbocycles. The number of methoxy groups -OCH3 is 1. The predicted molar refractivity (Wildman–Crippen MR) is 106 cm³/mol. The van der Waals surface area contributed by atoms with Gasteiger partial charge in [-0.05, 0) is 36.4 Å². The molecule has 1 fully saturated rings. The second-order valence-corrected chi connectivity index (χ2v) is 6.47. The first-order valence-corrected chi connectivity index (χ1v) is 8.99.